The van der Waals surface area contributed by atoms with Gasteiger partial charge in [-0.3, -0.25) is 0 Å². The highest BCUT2D eigenvalue weighted by Gasteiger charge is 2.28. The van der Waals surface area contributed by atoms with Crippen LogP contribution in [-0.4, -0.2) is 58.6 Å². The van der Waals surface area contributed by atoms with Gasteiger partial charge < -0.3 is 14.2 Å². The van der Waals surface area contributed by atoms with E-state index in [1.54, 1.807) is 28.8 Å². The van der Waals surface area contributed by atoms with Gasteiger partial charge in [-0.15, -0.1) is 5.10 Å². The molecule has 0 saturated carbocycles. The molecule has 0 amide bonds. The lowest BCUT2D eigenvalue weighted by Crippen LogP contribution is -2.38. The summed E-state index contributed by atoms with van der Waals surface area (Å²) in [5.74, 6) is 1.38. The van der Waals surface area contributed by atoms with Crippen LogP contribution in [0.1, 0.15) is 45.4 Å². The Bertz CT molecular complexity index is 1380. The molecular weight excluding hydrogens is 488 g/mol. The first-order valence-corrected chi connectivity index (χ1v) is 14.3. The number of hydrogen-bond donors (Lipinski definition) is 0. The number of rotatable bonds is 7. The minimum absolute atomic E-state index is 0.0184. The number of piperidine rings is 1. The molecule has 0 spiro atoms. The van der Waals surface area contributed by atoms with E-state index in [1.165, 1.54) is 17.6 Å². The molecule has 12 heteroatoms. The van der Waals surface area contributed by atoms with Crippen LogP contribution in [0.15, 0.2) is 39.9 Å². The van der Waals surface area contributed by atoms with E-state index in [0.717, 1.165) is 48.0 Å². The van der Waals surface area contributed by atoms with Crippen LogP contribution in [0.5, 0.6) is 5.19 Å². The van der Waals surface area contributed by atoms with E-state index >= 15 is 0 Å². The van der Waals surface area contributed by atoms with E-state index in [1.807, 2.05) is 6.20 Å². The Kier molecular flexibility index (Phi) is 6.26. The van der Waals surface area contributed by atoms with Gasteiger partial charge in [0.25, 0.3) is 5.19 Å². The third-order valence-corrected chi connectivity index (χ3v) is 8.25. The van der Waals surface area contributed by atoms with Crippen molar-refractivity contribution in [3.8, 4) is 16.5 Å². The summed E-state index contributed by atoms with van der Waals surface area (Å²) in [7, 11) is -3.23. The average molecular weight is 517 g/mol. The van der Waals surface area contributed by atoms with Gasteiger partial charge in [-0.1, -0.05) is 31.1 Å². The summed E-state index contributed by atoms with van der Waals surface area (Å²) >= 11 is 1.39. The molecule has 4 heterocycles. The molecule has 0 aliphatic carbocycles. The lowest BCUT2D eigenvalue weighted by molar-refractivity contribution is 0.130. The van der Waals surface area contributed by atoms with Gasteiger partial charge >= 0.3 is 6.01 Å². The highest BCUT2D eigenvalue weighted by Crippen LogP contribution is 2.31. The fraction of sp³-hybridized carbons (Fsp3) is 0.478. The Balaban J connectivity index is 1.19. The average Bonchev–Trinajstić information content (AvgIpc) is 3.54. The van der Waals surface area contributed by atoms with Gasteiger partial charge in [0.2, 0.25) is 4.96 Å². The van der Waals surface area contributed by atoms with Crippen molar-refractivity contribution in [2.24, 2.45) is 5.92 Å². The molecule has 5 rings (SSSR count). The van der Waals surface area contributed by atoms with Crippen molar-refractivity contribution in [1.82, 2.24) is 24.7 Å². The molecule has 10 nitrogen and oxygen atoms in total. The number of ether oxygens (including phenoxy) is 1. The van der Waals surface area contributed by atoms with Crippen LogP contribution in [0.2, 0.25) is 0 Å². The van der Waals surface area contributed by atoms with Crippen molar-refractivity contribution in [3.05, 3.63) is 36.3 Å². The van der Waals surface area contributed by atoms with Crippen molar-refractivity contribution in [2.75, 3.05) is 24.2 Å². The van der Waals surface area contributed by atoms with E-state index in [2.05, 4.69) is 45.9 Å². The number of hydrogen-bond acceptors (Lipinski definition) is 10. The predicted octanol–water partition coefficient (Wildman–Crippen LogP) is 4.05. The first-order chi connectivity index (χ1) is 16.7. The van der Waals surface area contributed by atoms with E-state index in [4.69, 9.17) is 9.26 Å². The van der Waals surface area contributed by atoms with Gasteiger partial charge in [0.05, 0.1) is 16.8 Å². The van der Waals surface area contributed by atoms with Crippen molar-refractivity contribution < 1.29 is 17.7 Å². The topological polar surface area (TPSA) is 116 Å². The monoisotopic (exact) mass is 516 g/mol. The minimum Gasteiger partial charge on any atom is -0.466 e. The SMILES string of the molecule is CC(C)c1noc(N2CCC(C(C)Oc3nn4cc(-c5ccc(S(C)(=O)=O)cc5)nc4s3)CC2)n1. The molecule has 1 saturated heterocycles. The molecule has 3 aromatic heterocycles. The minimum atomic E-state index is -3.23. The molecule has 1 aromatic carbocycles. The van der Waals surface area contributed by atoms with Crippen LogP contribution in [0.3, 0.4) is 0 Å². The Labute approximate surface area is 207 Å². The normalized spacial score (nSPS) is 16.3. The van der Waals surface area contributed by atoms with Crippen LogP contribution in [0.4, 0.5) is 6.01 Å². The third kappa shape index (κ3) is 5.03. The number of anilines is 1. The fourth-order valence-corrected chi connectivity index (χ4v) is 5.59. The second-order valence-electron chi connectivity index (χ2n) is 9.26. The standard InChI is InChI=1S/C23H28N6O4S2/c1-14(2)20-25-21(33-27-20)28-11-9-16(10-12-28)15(3)32-23-26-29-13-19(24-22(29)34-23)17-5-7-18(8-6-17)35(4,30)31/h5-8,13-16H,9-12H2,1-4H3. The van der Waals surface area contributed by atoms with Gasteiger partial charge in [0.15, 0.2) is 15.7 Å². The Morgan fingerprint density at radius 3 is 2.43 bits per heavy atom. The molecule has 0 N–H and O–H groups in total. The van der Waals surface area contributed by atoms with Crippen LogP contribution in [-0.2, 0) is 9.84 Å². The van der Waals surface area contributed by atoms with Crippen LogP contribution in [0, 0.1) is 5.92 Å². The van der Waals surface area contributed by atoms with Gasteiger partial charge in [-0.2, -0.15) is 4.98 Å². The Morgan fingerprint density at radius 2 is 1.83 bits per heavy atom. The lowest BCUT2D eigenvalue weighted by Gasteiger charge is -2.33. The van der Waals surface area contributed by atoms with Crippen molar-refractivity contribution in [2.45, 2.75) is 50.5 Å². The number of nitrogens with zero attached hydrogens (tertiary/aromatic N) is 6. The zero-order valence-electron chi connectivity index (χ0n) is 20.1. The molecule has 0 radical (unpaired) electrons. The maximum Gasteiger partial charge on any atom is 0.324 e. The highest BCUT2D eigenvalue weighted by molar-refractivity contribution is 7.90. The number of aromatic nitrogens is 5. The first kappa shape index (κ1) is 23.7. The molecule has 35 heavy (non-hydrogen) atoms. The summed E-state index contributed by atoms with van der Waals surface area (Å²) in [5.41, 5.74) is 1.57. The predicted molar refractivity (Wildman–Crippen MR) is 133 cm³/mol. The summed E-state index contributed by atoms with van der Waals surface area (Å²) in [4.78, 5) is 12.3. The molecule has 4 aromatic rings. The smallest absolute Gasteiger partial charge is 0.324 e. The Hall–Kier alpha value is -2.99. The second-order valence-corrected chi connectivity index (χ2v) is 12.2. The second kappa shape index (κ2) is 9.23. The first-order valence-electron chi connectivity index (χ1n) is 11.6. The van der Waals surface area contributed by atoms with Gasteiger partial charge in [0, 0.05) is 30.8 Å². The quantitative estimate of drug-likeness (QED) is 0.359. The molecular formula is C23H28N6O4S2. The summed E-state index contributed by atoms with van der Waals surface area (Å²) in [6.07, 6.45) is 4.98. The number of benzene rings is 1. The van der Waals surface area contributed by atoms with E-state index in [9.17, 15) is 8.42 Å². The van der Waals surface area contributed by atoms with Gasteiger partial charge in [-0.25, -0.2) is 17.9 Å². The summed E-state index contributed by atoms with van der Waals surface area (Å²) in [6.45, 7) is 7.88. The zero-order valence-corrected chi connectivity index (χ0v) is 21.7. The fourth-order valence-electron chi connectivity index (χ4n) is 4.15. The Morgan fingerprint density at radius 1 is 1.11 bits per heavy atom. The van der Waals surface area contributed by atoms with E-state index in [-0.39, 0.29) is 16.9 Å². The molecule has 1 aliphatic rings. The lowest BCUT2D eigenvalue weighted by atomic mass is 9.92. The molecule has 1 unspecified atom stereocenters. The number of sulfone groups is 1. The largest absolute Gasteiger partial charge is 0.466 e. The molecule has 186 valence electrons. The summed E-state index contributed by atoms with van der Waals surface area (Å²) < 4.78 is 36.7. The molecule has 1 fully saturated rings. The maximum atomic E-state index is 11.7. The van der Waals surface area contributed by atoms with Crippen LogP contribution >= 0.6 is 11.3 Å². The molecule has 1 aliphatic heterocycles. The van der Waals surface area contributed by atoms with E-state index in [0.29, 0.717) is 17.1 Å². The van der Waals surface area contributed by atoms with Gasteiger partial charge in [0.1, 0.15) is 6.10 Å². The third-order valence-electron chi connectivity index (χ3n) is 6.31. The van der Waals surface area contributed by atoms with Crippen LogP contribution < -0.4 is 9.64 Å². The van der Waals surface area contributed by atoms with Crippen molar-refractivity contribution >= 4 is 32.1 Å². The van der Waals surface area contributed by atoms with Crippen LogP contribution in [0.25, 0.3) is 16.2 Å². The number of imidazole rings is 1. The highest BCUT2D eigenvalue weighted by atomic mass is 32.2. The van der Waals surface area contributed by atoms with Gasteiger partial charge in [-0.05, 0) is 49.2 Å². The molecule has 1 atom stereocenters. The van der Waals surface area contributed by atoms with Crippen molar-refractivity contribution in [3.63, 3.8) is 0 Å². The summed E-state index contributed by atoms with van der Waals surface area (Å²) in [5, 5.41) is 9.19. The zero-order chi connectivity index (χ0) is 24.7. The van der Waals surface area contributed by atoms with Crippen molar-refractivity contribution in [1.29, 1.82) is 0 Å². The number of fused-ring (bicyclic) bond motifs is 1. The maximum absolute atomic E-state index is 11.7. The van der Waals surface area contributed by atoms with E-state index < -0.39 is 9.84 Å². The summed E-state index contributed by atoms with van der Waals surface area (Å²) in [6, 6.07) is 7.30. The molecule has 0 bridgehead atoms.